The molecule has 0 atom stereocenters. The van der Waals surface area contributed by atoms with Crippen molar-refractivity contribution in [1.29, 1.82) is 0 Å². The summed E-state index contributed by atoms with van der Waals surface area (Å²) in [5.74, 6) is 0. The van der Waals surface area contributed by atoms with Crippen LogP contribution in [0.4, 0.5) is 5.69 Å². The molecule has 0 unspecified atom stereocenters. The number of hydrogen-bond donors (Lipinski definition) is 1. The molecule has 0 radical (unpaired) electrons. The summed E-state index contributed by atoms with van der Waals surface area (Å²) >= 11 is 0. The predicted molar refractivity (Wildman–Crippen MR) is 65.4 cm³/mol. The average molecular weight is 204 g/mol. The van der Waals surface area contributed by atoms with E-state index in [9.17, 15) is 0 Å². The highest BCUT2D eigenvalue weighted by Crippen LogP contribution is 2.27. The number of hydrogen-bond acceptors (Lipinski definition) is 2. The SMILES string of the molecule is CN(C)c1ccc(CC2(C)CNC2)cc1. The van der Waals surface area contributed by atoms with E-state index in [1.54, 1.807) is 0 Å². The summed E-state index contributed by atoms with van der Waals surface area (Å²) in [5, 5.41) is 3.34. The molecule has 0 amide bonds. The summed E-state index contributed by atoms with van der Waals surface area (Å²) in [7, 11) is 4.15. The van der Waals surface area contributed by atoms with E-state index < -0.39 is 0 Å². The Hall–Kier alpha value is -1.02. The summed E-state index contributed by atoms with van der Waals surface area (Å²) in [5.41, 5.74) is 3.21. The number of benzene rings is 1. The molecule has 2 rings (SSSR count). The normalized spacial score (nSPS) is 18.3. The quantitative estimate of drug-likeness (QED) is 0.809. The van der Waals surface area contributed by atoms with Crippen LogP contribution in [0.2, 0.25) is 0 Å². The van der Waals surface area contributed by atoms with Gasteiger partial charge in [-0.3, -0.25) is 0 Å². The minimum atomic E-state index is 0.486. The van der Waals surface area contributed by atoms with Gasteiger partial charge in [0, 0.05) is 32.9 Å². The molecule has 82 valence electrons. The molecule has 0 saturated carbocycles. The molecule has 2 nitrogen and oxygen atoms in total. The maximum atomic E-state index is 3.34. The van der Waals surface area contributed by atoms with Gasteiger partial charge >= 0.3 is 0 Å². The lowest BCUT2D eigenvalue weighted by molar-refractivity contribution is 0.195. The third-order valence-corrected chi connectivity index (χ3v) is 3.19. The largest absolute Gasteiger partial charge is 0.378 e. The van der Waals surface area contributed by atoms with E-state index in [0.29, 0.717) is 5.41 Å². The molecule has 0 aliphatic carbocycles. The van der Waals surface area contributed by atoms with Gasteiger partial charge in [0.05, 0.1) is 0 Å². The Labute approximate surface area is 92.3 Å². The minimum absolute atomic E-state index is 0.486. The van der Waals surface area contributed by atoms with Crippen molar-refractivity contribution in [3.8, 4) is 0 Å². The van der Waals surface area contributed by atoms with Crippen LogP contribution in [0.15, 0.2) is 24.3 Å². The van der Waals surface area contributed by atoms with E-state index in [2.05, 4.69) is 55.5 Å². The highest BCUT2D eigenvalue weighted by atomic mass is 15.1. The zero-order chi connectivity index (χ0) is 10.9. The van der Waals surface area contributed by atoms with Gasteiger partial charge in [-0.1, -0.05) is 19.1 Å². The van der Waals surface area contributed by atoms with Crippen molar-refractivity contribution in [3.05, 3.63) is 29.8 Å². The van der Waals surface area contributed by atoms with Gasteiger partial charge in [-0.25, -0.2) is 0 Å². The van der Waals surface area contributed by atoms with Crippen molar-refractivity contribution in [2.24, 2.45) is 5.41 Å². The second-order valence-electron chi connectivity index (χ2n) is 5.15. The highest BCUT2D eigenvalue weighted by molar-refractivity contribution is 5.46. The Kier molecular flexibility index (Phi) is 2.70. The number of anilines is 1. The standard InChI is InChI=1S/C13H20N2/c1-13(9-14-10-13)8-11-4-6-12(7-5-11)15(2)3/h4-7,14H,8-10H2,1-3H3. The lowest BCUT2D eigenvalue weighted by atomic mass is 9.78. The van der Waals surface area contributed by atoms with Crippen LogP contribution in [0.3, 0.4) is 0 Å². The molecule has 1 heterocycles. The van der Waals surface area contributed by atoms with E-state index in [4.69, 9.17) is 0 Å². The maximum absolute atomic E-state index is 3.34. The van der Waals surface area contributed by atoms with Crippen molar-refractivity contribution in [2.75, 3.05) is 32.1 Å². The van der Waals surface area contributed by atoms with Crippen molar-refractivity contribution in [3.63, 3.8) is 0 Å². The van der Waals surface area contributed by atoms with Crippen LogP contribution in [0.25, 0.3) is 0 Å². The van der Waals surface area contributed by atoms with E-state index >= 15 is 0 Å². The molecular formula is C13H20N2. The fourth-order valence-corrected chi connectivity index (χ4v) is 2.08. The molecule has 0 bridgehead atoms. The van der Waals surface area contributed by atoms with Gasteiger partial charge in [0.15, 0.2) is 0 Å². The van der Waals surface area contributed by atoms with Crippen LogP contribution in [-0.4, -0.2) is 27.2 Å². The smallest absolute Gasteiger partial charge is 0.0361 e. The molecule has 1 aromatic carbocycles. The van der Waals surface area contributed by atoms with Crippen molar-refractivity contribution in [1.82, 2.24) is 5.32 Å². The summed E-state index contributed by atoms with van der Waals surface area (Å²) in [6.07, 6.45) is 1.19. The molecule has 0 spiro atoms. The lowest BCUT2D eigenvalue weighted by Crippen LogP contribution is -2.52. The number of rotatable bonds is 3. The molecule has 1 fully saturated rings. The molecule has 15 heavy (non-hydrogen) atoms. The van der Waals surface area contributed by atoms with Gasteiger partial charge in [0.1, 0.15) is 0 Å². The first-order chi connectivity index (χ1) is 7.09. The fourth-order valence-electron chi connectivity index (χ4n) is 2.08. The average Bonchev–Trinajstić information content (AvgIpc) is 2.16. The van der Waals surface area contributed by atoms with E-state index in [-0.39, 0.29) is 0 Å². The highest BCUT2D eigenvalue weighted by Gasteiger charge is 2.31. The zero-order valence-corrected chi connectivity index (χ0v) is 9.88. The van der Waals surface area contributed by atoms with Crippen LogP contribution in [-0.2, 0) is 6.42 Å². The van der Waals surface area contributed by atoms with Crippen LogP contribution in [0, 0.1) is 5.41 Å². The molecule has 1 saturated heterocycles. The minimum Gasteiger partial charge on any atom is -0.378 e. The molecule has 2 heteroatoms. The van der Waals surface area contributed by atoms with E-state index in [0.717, 1.165) is 13.1 Å². The monoisotopic (exact) mass is 204 g/mol. The summed E-state index contributed by atoms with van der Waals surface area (Å²) < 4.78 is 0. The van der Waals surface area contributed by atoms with Crippen LogP contribution >= 0.6 is 0 Å². The summed E-state index contributed by atoms with van der Waals surface area (Å²) in [4.78, 5) is 2.14. The van der Waals surface area contributed by atoms with Crippen LogP contribution < -0.4 is 10.2 Å². The first-order valence-electron chi connectivity index (χ1n) is 5.56. The summed E-state index contributed by atoms with van der Waals surface area (Å²) in [6, 6.07) is 8.90. The fraction of sp³-hybridized carbons (Fsp3) is 0.538. The van der Waals surface area contributed by atoms with Crippen LogP contribution in [0.5, 0.6) is 0 Å². The molecule has 1 aromatic rings. The van der Waals surface area contributed by atoms with Gasteiger partial charge in [-0.05, 0) is 29.5 Å². The van der Waals surface area contributed by atoms with Gasteiger partial charge in [0.25, 0.3) is 0 Å². The molecule has 1 aliphatic rings. The van der Waals surface area contributed by atoms with Gasteiger partial charge in [-0.15, -0.1) is 0 Å². The zero-order valence-electron chi connectivity index (χ0n) is 9.88. The third-order valence-electron chi connectivity index (χ3n) is 3.19. The second kappa shape index (κ2) is 3.86. The lowest BCUT2D eigenvalue weighted by Gasteiger charge is -2.39. The first-order valence-corrected chi connectivity index (χ1v) is 5.56. The predicted octanol–water partition coefficient (Wildman–Crippen LogP) is 1.90. The summed E-state index contributed by atoms with van der Waals surface area (Å²) in [6.45, 7) is 4.66. The van der Waals surface area contributed by atoms with Gasteiger partial charge in [0.2, 0.25) is 0 Å². The Balaban J connectivity index is 2.04. The molecule has 1 aliphatic heterocycles. The Morgan fingerprint density at radius 3 is 2.20 bits per heavy atom. The maximum Gasteiger partial charge on any atom is 0.0361 e. The Morgan fingerprint density at radius 1 is 1.20 bits per heavy atom. The van der Waals surface area contributed by atoms with Crippen LogP contribution in [0.1, 0.15) is 12.5 Å². The second-order valence-corrected chi connectivity index (χ2v) is 5.15. The van der Waals surface area contributed by atoms with Gasteiger partial charge in [-0.2, -0.15) is 0 Å². The molecular weight excluding hydrogens is 184 g/mol. The van der Waals surface area contributed by atoms with Crippen molar-refractivity contribution >= 4 is 5.69 Å². The first kappa shape index (κ1) is 10.5. The van der Waals surface area contributed by atoms with Crippen molar-refractivity contribution in [2.45, 2.75) is 13.3 Å². The topological polar surface area (TPSA) is 15.3 Å². The molecule has 0 aromatic heterocycles. The Morgan fingerprint density at radius 2 is 1.80 bits per heavy atom. The number of nitrogens with zero attached hydrogens (tertiary/aromatic N) is 1. The Bertz CT molecular complexity index is 323. The van der Waals surface area contributed by atoms with Crippen molar-refractivity contribution < 1.29 is 0 Å². The van der Waals surface area contributed by atoms with E-state index in [1.165, 1.54) is 17.7 Å². The van der Waals surface area contributed by atoms with Gasteiger partial charge < -0.3 is 10.2 Å². The number of nitrogens with one attached hydrogen (secondary N) is 1. The van der Waals surface area contributed by atoms with E-state index in [1.807, 2.05) is 0 Å². The third kappa shape index (κ3) is 2.32. The molecule has 1 N–H and O–H groups in total.